The third-order valence-corrected chi connectivity index (χ3v) is 1.41. The molecule has 0 N–H and O–H groups in total. The summed E-state index contributed by atoms with van der Waals surface area (Å²) < 4.78 is 4.76. The number of hydrogen-bond acceptors (Lipinski definition) is 3. The van der Waals surface area contributed by atoms with Gasteiger partial charge in [0.25, 0.3) is 0 Å². The van der Waals surface area contributed by atoms with Crippen LogP contribution < -0.4 is 0 Å². The molecule has 0 aromatic carbocycles. The Kier molecular flexibility index (Phi) is 1.13. The van der Waals surface area contributed by atoms with E-state index in [4.69, 9.17) is 4.52 Å². The highest BCUT2D eigenvalue weighted by Crippen LogP contribution is 2.10. The van der Waals surface area contributed by atoms with Crippen LogP contribution in [0.1, 0.15) is 11.3 Å². The summed E-state index contributed by atoms with van der Waals surface area (Å²) in [6.45, 7) is 0. The summed E-state index contributed by atoms with van der Waals surface area (Å²) in [7, 11) is 0. The van der Waals surface area contributed by atoms with Gasteiger partial charge in [-0.15, -0.1) is 0 Å². The van der Waals surface area contributed by atoms with Gasteiger partial charge in [-0.3, -0.25) is 4.99 Å². The Hall–Kier alpha value is -1.38. The molecule has 0 saturated carbocycles. The van der Waals surface area contributed by atoms with Crippen LogP contribution in [0.4, 0.5) is 0 Å². The Morgan fingerprint density at radius 1 is 1.50 bits per heavy atom. The molecule has 1 aliphatic rings. The number of rotatable bonds is 0. The van der Waals surface area contributed by atoms with Crippen molar-refractivity contribution < 1.29 is 4.52 Å². The molecule has 1 aromatic heterocycles. The second-order valence-corrected chi connectivity index (χ2v) is 2.08. The zero-order valence-electron chi connectivity index (χ0n) is 5.32. The molecule has 2 rings (SSSR count). The molecule has 3 heteroatoms. The van der Waals surface area contributed by atoms with Crippen molar-refractivity contribution in [3.05, 3.63) is 23.7 Å². The van der Waals surface area contributed by atoms with Gasteiger partial charge in [0.05, 0.1) is 0 Å². The fraction of sp³-hybridized carbons (Fsp3) is 0.143. The molecule has 2 heterocycles. The van der Waals surface area contributed by atoms with Crippen LogP contribution in [0.15, 0.2) is 22.0 Å². The maximum Gasteiger partial charge on any atom is 0.128 e. The van der Waals surface area contributed by atoms with E-state index in [9.17, 15) is 0 Å². The van der Waals surface area contributed by atoms with Crippen molar-refractivity contribution in [3.8, 4) is 0 Å². The number of nitrogens with zero attached hydrogens (tertiary/aromatic N) is 2. The van der Waals surface area contributed by atoms with E-state index in [0.717, 1.165) is 17.7 Å². The first-order valence-electron chi connectivity index (χ1n) is 3.08. The van der Waals surface area contributed by atoms with E-state index in [1.165, 1.54) is 0 Å². The predicted octanol–water partition coefficient (Wildman–Crippen LogP) is 1.27. The molecule has 50 valence electrons. The average Bonchev–Trinajstić information content (AvgIpc) is 2.28. The summed E-state index contributed by atoms with van der Waals surface area (Å²) in [5.74, 6) is 0. The van der Waals surface area contributed by atoms with E-state index in [1.54, 1.807) is 12.5 Å². The third kappa shape index (κ3) is 0.757. The lowest BCUT2D eigenvalue weighted by molar-refractivity contribution is 0.417. The highest BCUT2D eigenvalue weighted by molar-refractivity contribution is 5.68. The maximum absolute atomic E-state index is 4.76. The molecule has 3 nitrogen and oxygen atoms in total. The van der Waals surface area contributed by atoms with Crippen molar-refractivity contribution in [2.24, 2.45) is 4.99 Å². The zero-order chi connectivity index (χ0) is 6.81. The van der Waals surface area contributed by atoms with Gasteiger partial charge in [-0.05, 0) is 6.08 Å². The molecule has 0 atom stereocenters. The third-order valence-electron chi connectivity index (χ3n) is 1.41. The number of aromatic nitrogens is 1. The van der Waals surface area contributed by atoms with Crippen LogP contribution >= 0.6 is 0 Å². The maximum atomic E-state index is 4.76. The van der Waals surface area contributed by atoms with Crippen molar-refractivity contribution in [2.45, 2.75) is 6.42 Å². The van der Waals surface area contributed by atoms with Gasteiger partial charge in [-0.2, -0.15) is 0 Å². The van der Waals surface area contributed by atoms with Crippen molar-refractivity contribution in [1.82, 2.24) is 5.16 Å². The molecule has 1 aliphatic heterocycles. The molecule has 10 heavy (non-hydrogen) atoms. The summed E-state index contributed by atoms with van der Waals surface area (Å²) in [5, 5.41) is 3.77. The molecule has 0 spiro atoms. The van der Waals surface area contributed by atoms with E-state index in [1.807, 2.05) is 12.3 Å². The highest BCUT2D eigenvalue weighted by Gasteiger charge is 2.03. The number of hydrogen-bond donors (Lipinski definition) is 0. The van der Waals surface area contributed by atoms with Crippen LogP contribution in [-0.2, 0) is 6.42 Å². The van der Waals surface area contributed by atoms with E-state index in [2.05, 4.69) is 10.1 Å². The lowest BCUT2D eigenvalue weighted by Crippen LogP contribution is -1.83. The summed E-state index contributed by atoms with van der Waals surface area (Å²) in [5.41, 5.74) is 1.98. The quantitative estimate of drug-likeness (QED) is 0.536. The van der Waals surface area contributed by atoms with E-state index < -0.39 is 0 Å². The van der Waals surface area contributed by atoms with Crippen LogP contribution in [0.3, 0.4) is 0 Å². The molecular weight excluding hydrogens is 128 g/mol. The molecule has 0 radical (unpaired) electrons. The Labute approximate surface area is 58.1 Å². The molecule has 0 unspecified atom stereocenters. The van der Waals surface area contributed by atoms with Crippen LogP contribution in [0.25, 0.3) is 6.08 Å². The molecule has 0 aliphatic carbocycles. The summed E-state index contributed by atoms with van der Waals surface area (Å²) in [6.07, 6.45) is 7.85. The summed E-state index contributed by atoms with van der Waals surface area (Å²) in [6, 6.07) is 0. The van der Waals surface area contributed by atoms with Gasteiger partial charge in [-0.1, -0.05) is 5.16 Å². The zero-order valence-corrected chi connectivity index (χ0v) is 5.32. The van der Waals surface area contributed by atoms with Crippen LogP contribution in [0.5, 0.6) is 0 Å². The van der Waals surface area contributed by atoms with Gasteiger partial charge in [-0.25, -0.2) is 0 Å². The van der Waals surface area contributed by atoms with Crippen molar-refractivity contribution >= 4 is 12.3 Å². The van der Waals surface area contributed by atoms with E-state index >= 15 is 0 Å². The Morgan fingerprint density at radius 2 is 2.50 bits per heavy atom. The fourth-order valence-corrected chi connectivity index (χ4v) is 0.881. The summed E-state index contributed by atoms with van der Waals surface area (Å²) >= 11 is 0. The minimum absolute atomic E-state index is 0.811. The average molecular weight is 134 g/mol. The van der Waals surface area contributed by atoms with Gasteiger partial charge in [0, 0.05) is 24.4 Å². The molecular formula is C7H6N2O. The fourth-order valence-electron chi connectivity index (χ4n) is 0.881. The Morgan fingerprint density at radius 3 is 3.50 bits per heavy atom. The van der Waals surface area contributed by atoms with Gasteiger partial charge < -0.3 is 4.52 Å². The first-order valence-corrected chi connectivity index (χ1v) is 3.08. The molecule has 0 amide bonds. The minimum Gasteiger partial charge on any atom is -0.364 e. The van der Waals surface area contributed by atoms with Gasteiger partial charge in [0.15, 0.2) is 0 Å². The first kappa shape index (κ1) is 5.41. The second-order valence-electron chi connectivity index (χ2n) is 2.08. The Balaban J connectivity index is 2.50. The standard InChI is InChI=1S/C7H6N2O/c1-3-8-4-2-7-6(1)5-10-9-7/h2-5H,1H2. The second kappa shape index (κ2) is 2.10. The normalized spacial score (nSPS) is 14.8. The van der Waals surface area contributed by atoms with Crippen LogP contribution in [-0.4, -0.2) is 11.4 Å². The molecule has 0 bridgehead atoms. The topological polar surface area (TPSA) is 38.4 Å². The van der Waals surface area contributed by atoms with Gasteiger partial charge in [0.1, 0.15) is 12.0 Å². The van der Waals surface area contributed by atoms with Crippen molar-refractivity contribution in [2.75, 3.05) is 0 Å². The summed E-state index contributed by atoms with van der Waals surface area (Å²) in [4.78, 5) is 3.97. The molecule has 0 fully saturated rings. The largest absolute Gasteiger partial charge is 0.364 e. The lowest BCUT2D eigenvalue weighted by atomic mass is 10.2. The van der Waals surface area contributed by atoms with E-state index in [0.29, 0.717) is 0 Å². The number of aliphatic imine (C=N–C) groups is 1. The monoisotopic (exact) mass is 134 g/mol. The minimum atomic E-state index is 0.811. The van der Waals surface area contributed by atoms with Crippen molar-refractivity contribution in [1.29, 1.82) is 0 Å². The van der Waals surface area contributed by atoms with Crippen molar-refractivity contribution in [3.63, 3.8) is 0 Å². The first-order chi connectivity index (χ1) is 4.97. The predicted molar refractivity (Wildman–Crippen MR) is 37.7 cm³/mol. The van der Waals surface area contributed by atoms with Crippen LogP contribution in [0, 0.1) is 0 Å². The lowest BCUT2D eigenvalue weighted by Gasteiger charge is -1.83. The molecule has 1 aromatic rings. The van der Waals surface area contributed by atoms with Gasteiger partial charge in [0.2, 0.25) is 0 Å². The SMILES string of the molecule is C1=Cc2nocc2CC=N1. The number of fused-ring (bicyclic) bond motifs is 1. The van der Waals surface area contributed by atoms with Gasteiger partial charge >= 0.3 is 0 Å². The van der Waals surface area contributed by atoms with Crippen LogP contribution in [0.2, 0.25) is 0 Å². The Bertz CT molecular complexity index is 286. The smallest absolute Gasteiger partial charge is 0.128 e. The van der Waals surface area contributed by atoms with E-state index in [-0.39, 0.29) is 0 Å². The highest BCUT2D eigenvalue weighted by atomic mass is 16.5. The molecule has 0 saturated heterocycles.